The monoisotopic (exact) mass is 347 g/mol. The van der Waals surface area contributed by atoms with E-state index in [0.29, 0.717) is 12.2 Å². The molecule has 1 saturated heterocycles. The van der Waals surface area contributed by atoms with E-state index in [0.717, 1.165) is 47.4 Å². The zero-order valence-corrected chi connectivity index (χ0v) is 14.4. The number of nitrogens with zero attached hydrogens (tertiary/aromatic N) is 3. The molecule has 6 heteroatoms. The lowest BCUT2D eigenvalue weighted by Gasteiger charge is -2.33. The average molecular weight is 347 g/mol. The summed E-state index contributed by atoms with van der Waals surface area (Å²) in [6.07, 6.45) is 3.53. The van der Waals surface area contributed by atoms with Crippen LogP contribution in [0.4, 0.5) is 11.5 Å². The summed E-state index contributed by atoms with van der Waals surface area (Å²) in [7, 11) is 0. The second kappa shape index (κ2) is 6.63. The van der Waals surface area contributed by atoms with Crippen molar-refractivity contribution < 1.29 is 4.79 Å². The van der Waals surface area contributed by atoms with Gasteiger partial charge in [0.2, 0.25) is 5.91 Å². The second-order valence-corrected chi connectivity index (χ2v) is 6.71. The van der Waals surface area contributed by atoms with Crippen molar-refractivity contribution in [2.45, 2.75) is 12.8 Å². The SMILES string of the molecule is NC(=O)C1CCCN(c2nc(-c3ccc(N)cc3)cc3ncccc23)C1. The fraction of sp³-hybridized carbons (Fsp3) is 0.250. The lowest BCUT2D eigenvalue weighted by Crippen LogP contribution is -2.41. The molecule has 1 atom stereocenters. The van der Waals surface area contributed by atoms with E-state index in [1.807, 2.05) is 42.5 Å². The van der Waals surface area contributed by atoms with Gasteiger partial charge in [-0.2, -0.15) is 0 Å². The summed E-state index contributed by atoms with van der Waals surface area (Å²) in [6.45, 7) is 1.45. The van der Waals surface area contributed by atoms with Gasteiger partial charge in [-0.15, -0.1) is 0 Å². The number of amides is 1. The van der Waals surface area contributed by atoms with Crippen LogP contribution in [0.1, 0.15) is 12.8 Å². The molecule has 3 heterocycles. The highest BCUT2D eigenvalue weighted by Crippen LogP contribution is 2.31. The number of rotatable bonds is 3. The molecule has 4 N–H and O–H groups in total. The van der Waals surface area contributed by atoms with E-state index in [-0.39, 0.29) is 11.8 Å². The van der Waals surface area contributed by atoms with Crippen LogP contribution >= 0.6 is 0 Å². The van der Waals surface area contributed by atoms with Crippen molar-refractivity contribution in [3.63, 3.8) is 0 Å². The first-order valence-electron chi connectivity index (χ1n) is 8.78. The van der Waals surface area contributed by atoms with Gasteiger partial charge in [-0.1, -0.05) is 12.1 Å². The summed E-state index contributed by atoms with van der Waals surface area (Å²) >= 11 is 0. The number of nitrogens with two attached hydrogens (primary N) is 2. The van der Waals surface area contributed by atoms with Gasteiger partial charge < -0.3 is 16.4 Å². The highest BCUT2D eigenvalue weighted by Gasteiger charge is 2.26. The minimum atomic E-state index is -0.244. The van der Waals surface area contributed by atoms with Crippen molar-refractivity contribution in [3.05, 3.63) is 48.7 Å². The van der Waals surface area contributed by atoms with Crippen molar-refractivity contribution >= 4 is 28.3 Å². The molecule has 0 aliphatic carbocycles. The fourth-order valence-corrected chi connectivity index (χ4v) is 3.50. The average Bonchev–Trinajstić information content (AvgIpc) is 2.68. The van der Waals surface area contributed by atoms with Crippen molar-refractivity contribution in [1.82, 2.24) is 9.97 Å². The standard InChI is InChI=1S/C20H21N5O/c21-15-7-5-13(6-8-15)17-11-18-16(4-1-9-23-18)20(24-17)25-10-2-3-14(12-25)19(22)26/h1,4-9,11,14H,2-3,10,12,21H2,(H2,22,26). The smallest absolute Gasteiger partial charge is 0.222 e. The molecule has 1 aliphatic rings. The number of nitrogen functional groups attached to an aromatic ring is 1. The number of primary amides is 1. The van der Waals surface area contributed by atoms with Gasteiger partial charge in [0.1, 0.15) is 5.82 Å². The van der Waals surface area contributed by atoms with Gasteiger partial charge in [-0.3, -0.25) is 9.78 Å². The van der Waals surface area contributed by atoms with Gasteiger partial charge in [-0.05, 0) is 43.2 Å². The molecule has 0 radical (unpaired) electrons. The largest absolute Gasteiger partial charge is 0.399 e. The van der Waals surface area contributed by atoms with E-state index in [1.54, 1.807) is 6.20 Å². The van der Waals surface area contributed by atoms with E-state index < -0.39 is 0 Å². The van der Waals surface area contributed by atoms with E-state index in [2.05, 4.69) is 9.88 Å². The quantitative estimate of drug-likeness (QED) is 0.710. The van der Waals surface area contributed by atoms with Crippen LogP contribution in [-0.4, -0.2) is 29.0 Å². The van der Waals surface area contributed by atoms with E-state index in [1.165, 1.54) is 0 Å². The predicted octanol–water partition coefficient (Wildman–Crippen LogP) is 2.58. The molecule has 0 bridgehead atoms. The number of benzene rings is 1. The Kier molecular flexibility index (Phi) is 4.16. The van der Waals surface area contributed by atoms with Gasteiger partial charge in [0.15, 0.2) is 0 Å². The Bertz CT molecular complexity index is 954. The molecule has 4 rings (SSSR count). The van der Waals surface area contributed by atoms with Gasteiger partial charge in [0.25, 0.3) is 0 Å². The molecule has 1 aliphatic heterocycles. The third-order valence-electron chi connectivity index (χ3n) is 4.91. The first kappa shape index (κ1) is 16.3. The third kappa shape index (κ3) is 3.06. The summed E-state index contributed by atoms with van der Waals surface area (Å²) in [4.78, 5) is 23.2. The fourth-order valence-electron chi connectivity index (χ4n) is 3.50. The summed E-state index contributed by atoms with van der Waals surface area (Å²) in [5, 5.41) is 0.983. The molecule has 3 aromatic rings. The number of piperidine rings is 1. The van der Waals surface area contributed by atoms with Gasteiger partial charge in [0.05, 0.1) is 17.1 Å². The number of carbonyl (C=O) groups excluding carboxylic acids is 1. The Morgan fingerprint density at radius 2 is 2.00 bits per heavy atom. The summed E-state index contributed by atoms with van der Waals surface area (Å²) < 4.78 is 0. The number of fused-ring (bicyclic) bond motifs is 1. The molecule has 1 unspecified atom stereocenters. The lowest BCUT2D eigenvalue weighted by atomic mass is 9.97. The van der Waals surface area contributed by atoms with Crippen molar-refractivity contribution in [3.8, 4) is 11.3 Å². The second-order valence-electron chi connectivity index (χ2n) is 6.71. The van der Waals surface area contributed by atoms with Crippen LogP contribution < -0.4 is 16.4 Å². The first-order chi connectivity index (χ1) is 12.6. The first-order valence-corrected chi connectivity index (χ1v) is 8.78. The molecule has 1 fully saturated rings. The number of aromatic nitrogens is 2. The highest BCUT2D eigenvalue weighted by atomic mass is 16.1. The Balaban J connectivity index is 1.82. The number of anilines is 2. The molecular weight excluding hydrogens is 326 g/mol. The minimum absolute atomic E-state index is 0.141. The molecule has 1 amide bonds. The summed E-state index contributed by atoms with van der Waals surface area (Å²) in [5.41, 5.74) is 14.8. The topological polar surface area (TPSA) is 98.1 Å². The normalized spacial score (nSPS) is 17.4. The molecular formula is C20H21N5O. The molecule has 0 saturated carbocycles. The maximum Gasteiger partial charge on any atom is 0.222 e. The Morgan fingerprint density at radius 1 is 1.19 bits per heavy atom. The number of hydrogen-bond donors (Lipinski definition) is 2. The van der Waals surface area contributed by atoms with Gasteiger partial charge in [0, 0.05) is 35.9 Å². The Hall–Kier alpha value is -3.15. The van der Waals surface area contributed by atoms with Crippen LogP contribution in [0.5, 0.6) is 0 Å². The third-order valence-corrected chi connectivity index (χ3v) is 4.91. The molecule has 132 valence electrons. The van der Waals surface area contributed by atoms with Crippen molar-refractivity contribution in [1.29, 1.82) is 0 Å². The van der Waals surface area contributed by atoms with Crippen LogP contribution in [0, 0.1) is 5.92 Å². The van der Waals surface area contributed by atoms with Gasteiger partial charge >= 0.3 is 0 Å². The number of pyridine rings is 2. The predicted molar refractivity (Wildman–Crippen MR) is 104 cm³/mol. The summed E-state index contributed by atoms with van der Waals surface area (Å²) in [5.74, 6) is 0.470. The van der Waals surface area contributed by atoms with E-state index >= 15 is 0 Å². The van der Waals surface area contributed by atoms with Crippen LogP contribution in [0.15, 0.2) is 48.7 Å². The Labute approximate surface area is 151 Å². The van der Waals surface area contributed by atoms with Crippen LogP contribution in [0.25, 0.3) is 22.2 Å². The van der Waals surface area contributed by atoms with Crippen molar-refractivity contribution in [2.75, 3.05) is 23.7 Å². The molecule has 6 nitrogen and oxygen atoms in total. The van der Waals surface area contributed by atoms with Crippen LogP contribution in [-0.2, 0) is 4.79 Å². The van der Waals surface area contributed by atoms with E-state index in [4.69, 9.17) is 16.5 Å². The minimum Gasteiger partial charge on any atom is -0.399 e. The number of carbonyl (C=O) groups is 1. The maximum atomic E-state index is 11.7. The molecule has 0 spiro atoms. The Morgan fingerprint density at radius 3 is 2.77 bits per heavy atom. The van der Waals surface area contributed by atoms with Gasteiger partial charge in [-0.25, -0.2) is 4.98 Å². The number of hydrogen-bond acceptors (Lipinski definition) is 5. The highest BCUT2D eigenvalue weighted by molar-refractivity contribution is 5.92. The zero-order chi connectivity index (χ0) is 18.1. The maximum absolute atomic E-state index is 11.7. The summed E-state index contributed by atoms with van der Waals surface area (Å²) in [6, 6.07) is 13.6. The lowest BCUT2D eigenvalue weighted by molar-refractivity contribution is -0.122. The van der Waals surface area contributed by atoms with E-state index in [9.17, 15) is 4.79 Å². The molecule has 26 heavy (non-hydrogen) atoms. The van der Waals surface area contributed by atoms with Crippen LogP contribution in [0.3, 0.4) is 0 Å². The van der Waals surface area contributed by atoms with Crippen molar-refractivity contribution in [2.24, 2.45) is 11.7 Å². The molecule has 2 aromatic heterocycles. The molecule has 1 aromatic carbocycles. The zero-order valence-electron chi connectivity index (χ0n) is 14.4. The van der Waals surface area contributed by atoms with Crippen LogP contribution in [0.2, 0.25) is 0 Å².